The van der Waals surface area contributed by atoms with E-state index in [1.54, 1.807) is 26.6 Å². The van der Waals surface area contributed by atoms with Crippen molar-refractivity contribution >= 4 is 11.4 Å². The van der Waals surface area contributed by atoms with E-state index >= 15 is 0 Å². The highest BCUT2D eigenvalue weighted by Gasteiger charge is 2.28. The summed E-state index contributed by atoms with van der Waals surface area (Å²) in [6, 6.07) is 15.7. The Morgan fingerprint density at radius 3 is 1.74 bits per heavy atom. The van der Waals surface area contributed by atoms with Crippen molar-refractivity contribution in [1.29, 1.82) is 0 Å². The fourth-order valence-corrected chi connectivity index (χ4v) is 4.51. The van der Waals surface area contributed by atoms with Gasteiger partial charge in [0.05, 0.1) is 33.7 Å². The lowest BCUT2D eigenvalue weighted by Gasteiger charge is -2.28. The topological polar surface area (TPSA) is 70.5 Å². The smallest absolute Gasteiger partial charge is 0.140 e. The molecule has 3 aromatic rings. The molecule has 3 rings (SSSR count). The first-order valence-electron chi connectivity index (χ1n) is 10.2. The Labute approximate surface area is 187 Å². The van der Waals surface area contributed by atoms with E-state index in [1.165, 1.54) is 0 Å². The van der Waals surface area contributed by atoms with Gasteiger partial charge >= 0.3 is 0 Å². The van der Waals surface area contributed by atoms with Crippen molar-refractivity contribution < 1.29 is 14.0 Å². The number of rotatable bonds is 10. The molecule has 0 fully saturated rings. The quantitative estimate of drug-likeness (QED) is 0.443. The van der Waals surface area contributed by atoms with Gasteiger partial charge in [0, 0.05) is 23.8 Å². The molecule has 0 aliphatic heterocycles. The normalized spacial score (nSPS) is 13.1. The number of nitrogens with zero attached hydrogens (tertiary/aromatic N) is 3. The minimum atomic E-state index is -1.23. The van der Waals surface area contributed by atoms with E-state index in [-0.39, 0.29) is 5.25 Å². The second-order valence-corrected chi connectivity index (χ2v) is 9.34. The summed E-state index contributed by atoms with van der Waals surface area (Å²) < 4.78 is 26.0. The van der Waals surface area contributed by atoms with Gasteiger partial charge < -0.3 is 14.0 Å². The zero-order valence-corrected chi connectivity index (χ0v) is 19.3. The van der Waals surface area contributed by atoms with Crippen LogP contribution in [0.2, 0.25) is 0 Å². The second kappa shape index (κ2) is 11.1. The molecule has 1 heterocycles. The van der Waals surface area contributed by atoms with Gasteiger partial charge in [0.1, 0.15) is 22.6 Å². The van der Waals surface area contributed by atoms with Crippen molar-refractivity contribution in [3.8, 4) is 11.5 Å². The van der Waals surface area contributed by atoms with Gasteiger partial charge in [-0.15, -0.1) is 4.31 Å². The largest absolute Gasteiger partial charge is 0.598 e. The molecule has 31 heavy (non-hydrogen) atoms. The van der Waals surface area contributed by atoms with Crippen molar-refractivity contribution in [2.75, 3.05) is 14.2 Å². The number of methoxy groups -OCH3 is 2. The summed E-state index contributed by atoms with van der Waals surface area (Å²) in [5.41, 5.74) is 3.15. The first-order chi connectivity index (χ1) is 15.0. The van der Waals surface area contributed by atoms with Gasteiger partial charge in [-0.1, -0.05) is 24.3 Å². The molecule has 0 N–H and O–H groups in total. The maximum absolute atomic E-state index is 13.5. The molecule has 0 aliphatic rings. The average Bonchev–Trinajstić information content (AvgIpc) is 2.80. The fourth-order valence-electron chi connectivity index (χ4n) is 3.16. The van der Waals surface area contributed by atoms with Crippen LogP contribution in [0.15, 0.2) is 60.9 Å². The summed E-state index contributed by atoms with van der Waals surface area (Å²) >= 11 is -1.23. The maximum atomic E-state index is 13.5. The number of ether oxygens (including phenoxy) is 2. The van der Waals surface area contributed by atoms with Crippen molar-refractivity contribution in [1.82, 2.24) is 14.3 Å². The predicted octanol–water partition coefficient (Wildman–Crippen LogP) is 4.10. The molecule has 2 unspecified atom stereocenters. The third-order valence-corrected chi connectivity index (χ3v) is 6.56. The minimum Gasteiger partial charge on any atom is -0.598 e. The molecule has 0 radical (unpaired) electrons. The lowest BCUT2D eigenvalue weighted by atomic mass is 10.2. The number of hydrogen-bond donors (Lipinski definition) is 0. The van der Waals surface area contributed by atoms with Crippen LogP contribution in [0.25, 0.3) is 0 Å². The Morgan fingerprint density at radius 1 is 0.871 bits per heavy atom. The molecule has 2 atom stereocenters. The Hall–Kier alpha value is -2.61. The zero-order chi connectivity index (χ0) is 22.2. The van der Waals surface area contributed by atoms with Crippen LogP contribution in [-0.2, 0) is 30.9 Å². The predicted molar refractivity (Wildman–Crippen MR) is 123 cm³/mol. The van der Waals surface area contributed by atoms with Crippen LogP contribution in [0, 0.1) is 6.92 Å². The molecule has 0 saturated carbocycles. The number of aryl methyl sites for hydroxylation is 1. The monoisotopic (exact) mass is 439 g/mol. The standard InChI is InChI=1S/C24H29N3O3S/c1-18-14-25-24(26-15-18)13-19(2)31(28)27(16-20-5-9-22(29-3)10-6-20)17-21-7-11-23(30-4)12-8-21/h5-12,14-15,19H,13,16-17H2,1-4H3. The molecule has 7 heteroatoms. The average molecular weight is 440 g/mol. The van der Waals surface area contributed by atoms with Gasteiger partial charge in [0.15, 0.2) is 0 Å². The highest BCUT2D eigenvalue weighted by molar-refractivity contribution is 7.89. The van der Waals surface area contributed by atoms with Crippen LogP contribution in [0.3, 0.4) is 0 Å². The molecule has 0 aliphatic carbocycles. The number of hydrogen-bond acceptors (Lipinski definition) is 6. The minimum absolute atomic E-state index is 0.126. The van der Waals surface area contributed by atoms with Gasteiger partial charge in [-0.25, -0.2) is 9.97 Å². The molecule has 164 valence electrons. The van der Waals surface area contributed by atoms with Crippen LogP contribution in [-0.4, -0.2) is 38.3 Å². The lowest BCUT2D eigenvalue weighted by Crippen LogP contribution is -2.38. The van der Waals surface area contributed by atoms with E-state index in [0.717, 1.165) is 28.2 Å². The Balaban J connectivity index is 1.77. The highest BCUT2D eigenvalue weighted by Crippen LogP contribution is 2.22. The molecule has 6 nitrogen and oxygen atoms in total. The first kappa shape index (κ1) is 23.1. The van der Waals surface area contributed by atoms with Crippen molar-refractivity contribution in [2.24, 2.45) is 0 Å². The Bertz CT molecular complexity index is 884. The van der Waals surface area contributed by atoms with Crippen LogP contribution in [0.5, 0.6) is 11.5 Å². The van der Waals surface area contributed by atoms with Crippen molar-refractivity contribution in [3.63, 3.8) is 0 Å². The number of benzene rings is 2. The third kappa shape index (κ3) is 6.69. The summed E-state index contributed by atoms with van der Waals surface area (Å²) in [4.78, 5) is 8.75. The van der Waals surface area contributed by atoms with E-state index < -0.39 is 11.4 Å². The van der Waals surface area contributed by atoms with Gasteiger partial charge in [-0.2, -0.15) is 0 Å². The SMILES string of the molecule is COc1ccc(CN(Cc2ccc(OC)cc2)[S+]([O-])C(C)Cc2ncc(C)cn2)cc1. The van der Waals surface area contributed by atoms with Gasteiger partial charge in [-0.3, -0.25) is 0 Å². The maximum Gasteiger partial charge on any atom is 0.140 e. The van der Waals surface area contributed by atoms with E-state index in [9.17, 15) is 4.55 Å². The first-order valence-corrected chi connectivity index (χ1v) is 11.3. The molecule has 2 aromatic carbocycles. The van der Waals surface area contributed by atoms with E-state index in [0.29, 0.717) is 25.3 Å². The van der Waals surface area contributed by atoms with E-state index in [1.807, 2.05) is 66.7 Å². The van der Waals surface area contributed by atoms with Crippen molar-refractivity contribution in [2.45, 2.75) is 38.6 Å². The van der Waals surface area contributed by atoms with E-state index in [2.05, 4.69) is 9.97 Å². The number of aromatic nitrogens is 2. The summed E-state index contributed by atoms with van der Waals surface area (Å²) in [6.07, 6.45) is 4.14. The Morgan fingerprint density at radius 2 is 1.32 bits per heavy atom. The molecule has 0 amide bonds. The molecular formula is C24H29N3O3S. The Kier molecular flexibility index (Phi) is 8.28. The third-order valence-electron chi connectivity index (χ3n) is 4.94. The van der Waals surface area contributed by atoms with Crippen LogP contribution >= 0.6 is 0 Å². The van der Waals surface area contributed by atoms with Crippen LogP contribution in [0.4, 0.5) is 0 Å². The molecule has 0 bridgehead atoms. The molecular weight excluding hydrogens is 410 g/mol. The summed E-state index contributed by atoms with van der Waals surface area (Å²) in [5.74, 6) is 2.31. The zero-order valence-electron chi connectivity index (χ0n) is 18.4. The van der Waals surface area contributed by atoms with Crippen molar-refractivity contribution in [3.05, 3.63) is 83.4 Å². The summed E-state index contributed by atoms with van der Waals surface area (Å²) in [5, 5.41) is -0.126. The van der Waals surface area contributed by atoms with E-state index in [4.69, 9.17) is 9.47 Å². The van der Waals surface area contributed by atoms with Gasteiger partial charge in [-0.05, 0) is 54.8 Å². The van der Waals surface area contributed by atoms with Gasteiger partial charge in [0.2, 0.25) is 0 Å². The summed E-state index contributed by atoms with van der Waals surface area (Å²) in [7, 11) is 3.30. The van der Waals surface area contributed by atoms with Crippen LogP contribution in [0.1, 0.15) is 29.4 Å². The molecule has 0 spiro atoms. The molecule has 1 aromatic heterocycles. The summed E-state index contributed by atoms with van der Waals surface area (Å²) in [6.45, 7) is 5.05. The lowest BCUT2D eigenvalue weighted by molar-refractivity contribution is 0.391. The molecule has 0 saturated heterocycles. The second-order valence-electron chi connectivity index (χ2n) is 7.46. The highest BCUT2D eigenvalue weighted by atomic mass is 32.2. The van der Waals surface area contributed by atoms with Gasteiger partial charge in [0.25, 0.3) is 0 Å². The van der Waals surface area contributed by atoms with Crippen LogP contribution < -0.4 is 9.47 Å². The fraction of sp³-hybridized carbons (Fsp3) is 0.333.